The van der Waals surface area contributed by atoms with Crippen molar-refractivity contribution in [2.24, 2.45) is 0 Å². The number of hydrogen-bond donors (Lipinski definition) is 2. The zero-order chi connectivity index (χ0) is 15.8. The molecule has 2 rings (SSSR count). The Morgan fingerprint density at radius 2 is 2.00 bits per heavy atom. The van der Waals surface area contributed by atoms with E-state index in [1.165, 1.54) is 13.3 Å². The SMILES string of the molecule is COCC(=O)Nc1ccccc1CNC(=O)c1cccnc1. The number of ether oxygens (including phenoxy) is 1. The van der Waals surface area contributed by atoms with Crippen molar-refractivity contribution in [3.05, 3.63) is 59.9 Å². The standard InChI is InChI=1S/C16H17N3O3/c1-22-11-15(20)19-14-7-3-2-5-12(14)10-18-16(21)13-6-4-8-17-9-13/h2-9H,10-11H2,1H3,(H,18,21)(H,19,20). The van der Waals surface area contributed by atoms with Gasteiger partial charge in [0.25, 0.3) is 5.91 Å². The van der Waals surface area contributed by atoms with Crippen molar-refractivity contribution in [1.82, 2.24) is 10.3 Å². The number of carbonyl (C=O) groups is 2. The smallest absolute Gasteiger partial charge is 0.253 e. The second-order valence-corrected chi connectivity index (χ2v) is 4.56. The first kappa shape index (κ1) is 15.7. The van der Waals surface area contributed by atoms with Crippen LogP contribution < -0.4 is 10.6 Å². The van der Waals surface area contributed by atoms with E-state index in [0.717, 1.165) is 5.56 Å². The minimum absolute atomic E-state index is 0.0175. The lowest BCUT2D eigenvalue weighted by Crippen LogP contribution is -2.24. The number of aromatic nitrogens is 1. The summed E-state index contributed by atoms with van der Waals surface area (Å²) in [5.41, 5.74) is 1.95. The Bertz CT molecular complexity index is 644. The number of para-hydroxylation sites is 1. The van der Waals surface area contributed by atoms with Crippen LogP contribution in [-0.4, -0.2) is 30.5 Å². The maximum atomic E-state index is 12.0. The lowest BCUT2D eigenvalue weighted by atomic mass is 10.1. The molecule has 22 heavy (non-hydrogen) atoms. The number of anilines is 1. The molecular weight excluding hydrogens is 282 g/mol. The van der Waals surface area contributed by atoms with Crippen molar-refractivity contribution in [2.75, 3.05) is 19.0 Å². The third kappa shape index (κ3) is 4.39. The molecule has 0 saturated heterocycles. The lowest BCUT2D eigenvalue weighted by Gasteiger charge is -2.11. The Kier molecular flexibility index (Phi) is 5.62. The molecule has 2 N–H and O–H groups in total. The number of amides is 2. The van der Waals surface area contributed by atoms with Crippen molar-refractivity contribution < 1.29 is 14.3 Å². The summed E-state index contributed by atoms with van der Waals surface area (Å²) >= 11 is 0. The molecular formula is C16H17N3O3. The Labute approximate surface area is 128 Å². The van der Waals surface area contributed by atoms with Gasteiger partial charge in [0.2, 0.25) is 5.91 Å². The topological polar surface area (TPSA) is 80.3 Å². The van der Waals surface area contributed by atoms with Crippen LogP contribution in [0.15, 0.2) is 48.8 Å². The van der Waals surface area contributed by atoms with Gasteiger partial charge >= 0.3 is 0 Å². The molecule has 0 spiro atoms. The van der Waals surface area contributed by atoms with E-state index in [9.17, 15) is 9.59 Å². The first-order valence-corrected chi connectivity index (χ1v) is 6.75. The number of benzene rings is 1. The van der Waals surface area contributed by atoms with Crippen LogP contribution in [0.1, 0.15) is 15.9 Å². The van der Waals surface area contributed by atoms with E-state index in [2.05, 4.69) is 15.6 Å². The molecule has 0 aliphatic heterocycles. The summed E-state index contributed by atoms with van der Waals surface area (Å²) < 4.78 is 4.78. The van der Waals surface area contributed by atoms with Gasteiger partial charge in [0.05, 0.1) is 5.56 Å². The number of methoxy groups -OCH3 is 1. The quantitative estimate of drug-likeness (QED) is 0.849. The summed E-state index contributed by atoms with van der Waals surface area (Å²) in [7, 11) is 1.46. The highest BCUT2D eigenvalue weighted by molar-refractivity contribution is 5.94. The Morgan fingerprint density at radius 1 is 1.18 bits per heavy atom. The molecule has 0 aliphatic carbocycles. The normalized spacial score (nSPS) is 10.0. The molecule has 0 unspecified atom stereocenters. The molecule has 6 heteroatoms. The van der Waals surface area contributed by atoms with Crippen LogP contribution in [0.2, 0.25) is 0 Å². The van der Waals surface area contributed by atoms with Crippen LogP contribution in [0.4, 0.5) is 5.69 Å². The highest BCUT2D eigenvalue weighted by Crippen LogP contribution is 2.15. The Morgan fingerprint density at radius 3 is 2.73 bits per heavy atom. The number of nitrogens with one attached hydrogen (secondary N) is 2. The van der Waals surface area contributed by atoms with E-state index in [4.69, 9.17) is 4.74 Å². The van der Waals surface area contributed by atoms with Crippen molar-refractivity contribution in [3.8, 4) is 0 Å². The predicted molar refractivity (Wildman–Crippen MR) is 82.4 cm³/mol. The zero-order valence-electron chi connectivity index (χ0n) is 12.2. The van der Waals surface area contributed by atoms with Crippen molar-refractivity contribution in [3.63, 3.8) is 0 Å². The molecule has 1 heterocycles. The largest absolute Gasteiger partial charge is 0.375 e. The number of pyridine rings is 1. The highest BCUT2D eigenvalue weighted by atomic mass is 16.5. The summed E-state index contributed by atoms with van der Waals surface area (Å²) in [6.07, 6.45) is 3.11. The van der Waals surface area contributed by atoms with Crippen LogP contribution in [0.25, 0.3) is 0 Å². The van der Waals surface area contributed by atoms with Gasteiger partial charge in [-0.25, -0.2) is 0 Å². The van der Waals surface area contributed by atoms with Gasteiger partial charge in [-0.05, 0) is 23.8 Å². The van der Waals surface area contributed by atoms with Gasteiger partial charge < -0.3 is 15.4 Å². The molecule has 0 atom stereocenters. The minimum atomic E-state index is -0.242. The third-order valence-corrected chi connectivity index (χ3v) is 2.93. The summed E-state index contributed by atoms with van der Waals surface area (Å²) in [5.74, 6) is -0.459. The third-order valence-electron chi connectivity index (χ3n) is 2.93. The molecule has 0 fully saturated rings. The number of nitrogens with zero attached hydrogens (tertiary/aromatic N) is 1. The fourth-order valence-corrected chi connectivity index (χ4v) is 1.89. The molecule has 2 aromatic rings. The van der Waals surface area contributed by atoms with Crippen LogP contribution in [0.5, 0.6) is 0 Å². The molecule has 0 aliphatic rings. The van der Waals surface area contributed by atoms with E-state index >= 15 is 0 Å². The zero-order valence-corrected chi connectivity index (χ0v) is 12.2. The van der Waals surface area contributed by atoms with E-state index in [1.807, 2.05) is 18.2 Å². The van der Waals surface area contributed by atoms with E-state index in [0.29, 0.717) is 17.8 Å². The van der Waals surface area contributed by atoms with E-state index in [-0.39, 0.29) is 18.4 Å². The Hall–Kier alpha value is -2.73. The molecule has 1 aromatic heterocycles. The lowest BCUT2D eigenvalue weighted by molar-refractivity contribution is -0.119. The summed E-state index contributed by atoms with van der Waals surface area (Å²) in [6.45, 7) is 0.285. The molecule has 1 aromatic carbocycles. The van der Waals surface area contributed by atoms with Gasteiger partial charge in [-0.1, -0.05) is 18.2 Å². The second kappa shape index (κ2) is 7.90. The molecule has 2 amide bonds. The first-order chi connectivity index (χ1) is 10.7. The molecule has 0 bridgehead atoms. The van der Waals surface area contributed by atoms with Gasteiger partial charge in [0, 0.05) is 31.7 Å². The van der Waals surface area contributed by atoms with Gasteiger partial charge in [-0.2, -0.15) is 0 Å². The second-order valence-electron chi connectivity index (χ2n) is 4.56. The average molecular weight is 299 g/mol. The van der Waals surface area contributed by atoms with Crippen LogP contribution in [0, 0.1) is 0 Å². The molecule has 0 radical (unpaired) electrons. The van der Waals surface area contributed by atoms with Crippen molar-refractivity contribution in [1.29, 1.82) is 0 Å². The summed E-state index contributed by atoms with van der Waals surface area (Å²) in [6, 6.07) is 10.7. The highest BCUT2D eigenvalue weighted by Gasteiger charge is 2.09. The Balaban J connectivity index is 2.01. The number of hydrogen-bond acceptors (Lipinski definition) is 4. The molecule has 6 nitrogen and oxygen atoms in total. The monoisotopic (exact) mass is 299 g/mol. The maximum absolute atomic E-state index is 12.0. The van der Waals surface area contributed by atoms with Crippen molar-refractivity contribution >= 4 is 17.5 Å². The number of rotatable bonds is 6. The molecule has 114 valence electrons. The first-order valence-electron chi connectivity index (χ1n) is 6.75. The van der Waals surface area contributed by atoms with Crippen LogP contribution >= 0.6 is 0 Å². The van der Waals surface area contributed by atoms with Crippen molar-refractivity contribution in [2.45, 2.75) is 6.54 Å². The van der Waals surface area contributed by atoms with E-state index in [1.54, 1.807) is 24.4 Å². The predicted octanol–water partition coefficient (Wildman–Crippen LogP) is 1.60. The fraction of sp³-hybridized carbons (Fsp3) is 0.188. The van der Waals surface area contributed by atoms with Crippen LogP contribution in [-0.2, 0) is 16.1 Å². The van der Waals surface area contributed by atoms with Gasteiger partial charge in [-0.3, -0.25) is 14.6 Å². The fourth-order valence-electron chi connectivity index (χ4n) is 1.89. The minimum Gasteiger partial charge on any atom is -0.375 e. The van der Waals surface area contributed by atoms with Crippen LogP contribution in [0.3, 0.4) is 0 Å². The average Bonchev–Trinajstić information content (AvgIpc) is 2.55. The van der Waals surface area contributed by atoms with Gasteiger partial charge in [0.15, 0.2) is 0 Å². The molecule has 0 saturated carbocycles. The van der Waals surface area contributed by atoms with Gasteiger partial charge in [-0.15, -0.1) is 0 Å². The summed E-state index contributed by atoms with van der Waals surface area (Å²) in [4.78, 5) is 27.5. The number of carbonyl (C=O) groups excluding carboxylic acids is 2. The van der Waals surface area contributed by atoms with Gasteiger partial charge in [0.1, 0.15) is 6.61 Å². The van der Waals surface area contributed by atoms with E-state index < -0.39 is 0 Å². The summed E-state index contributed by atoms with van der Waals surface area (Å²) in [5, 5.41) is 5.55. The maximum Gasteiger partial charge on any atom is 0.253 e.